The molecule has 1 aliphatic rings. The van der Waals surface area contributed by atoms with E-state index in [1.54, 1.807) is 0 Å². The number of nitrogens with one attached hydrogen (secondary N) is 2. The zero-order chi connectivity index (χ0) is 11.3. The smallest absolute Gasteiger partial charge is 0.209 e. The van der Waals surface area contributed by atoms with E-state index < -0.39 is 17.5 Å². The number of ketones is 1. The molecule has 0 radical (unpaired) electrons. The average Bonchev–Trinajstić information content (AvgIpc) is 2.30. The van der Waals surface area contributed by atoms with Gasteiger partial charge in [0.2, 0.25) is 5.78 Å². The predicted octanol–water partition coefficient (Wildman–Crippen LogP) is 0.130. The quantitative estimate of drug-likeness (QED) is 0.651. The van der Waals surface area contributed by atoms with E-state index in [-0.39, 0.29) is 6.04 Å². The van der Waals surface area contributed by atoms with Crippen molar-refractivity contribution < 1.29 is 9.18 Å². The standard InChI is InChI=1S/C10H14FN3O/c1-2-8(11)10(15)7(5-12)9-6-13-3-4-14-9/h2,7,9,13-14H,3-4,6H2,1H3. The fourth-order valence-electron chi connectivity index (χ4n) is 1.53. The minimum absolute atomic E-state index is 0.304. The second-order valence-electron chi connectivity index (χ2n) is 3.37. The van der Waals surface area contributed by atoms with Crippen LogP contribution in [-0.4, -0.2) is 31.5 Å². The highest BCUT2D eigenvalue weighted by molar-refractivity contribution is 5.97. The van der Waals surface area contributed by atoms with Gasteiger partial charge in [-0.25, -0.2) is 4.39 Å². The summed E-state index contributed by atoms with van der Waals surface area (Å²) in [7, 11) is 0. The number of piperazine rings is 1. The zero-order valence-corrected chi connectivity index (χ0v) is 8.59. The predicted molar refractivity (Wildman–Crippen MR) is 53.6 cm³/mol. The first-order valence-corrected chi connectivity index (χ1v) is 4.90. The molecule has 4 nitrogen and oxygen atoms in total. The lowest BCUT2D eigenvalue weighted by Crippen LogP contribution is -2.53. The summed E-state index contributed by atoms with van der Waals surface area (Å²) in [6.45, 7) is 3.44. The fourth-order valence-corrected chi connectivity index (χ4v) is 1.53. The molecule has 1 fully saturated rings. The molecular formula is C10H14FN3O. The Labute approximate surface area is 88.1 Å². The molecule has 0 amide bonds. The number of halogens is 1. The van der Waals surface area contributed by atoms with Gasteiger partial charge in [0.25, 0.3) is 0 Å². The molecule has 2 atom stereocenters. The summed E-state index contributed by atoms with van der Waals surface area (Å²) in [5, 5.41) is 14.9. The van der Waals surface area contributed by atoms with Gasteiger partial charge in [0.05, 0.1) is 6.07 Å². The van der Waals surface area contributed by atoms with Crippen LogP contribution in [0, 0.1) is 17.2 Å². The zero-order valence-electron chi connectivity index (χ0n) is 8.59. The molecule has 2 unspecified atom stereocenters. The molecule has 5 heteroatoms. The lowest BCUT2D eigenvalue weighted by molar-refractivity contribution is -0.119. The number of hydrogen-bond donors (Lipinski definition) is 2. The van der Waals surface area contributed by atoms with Crippen molar-refractivity contribution in [1.29, 1.82) is 5.26 Å². The summed E-state index contributed by atoms with van der Waals surface area (Å²) >= 11 is 0. The molecule has 82 valence electrons. The van der Waals surface area contributed by atoms with E-state index in [9.17, 15) is 9.18 Å². The van der Waals surface area contributed by atoms with Crippen LogP contribution < -0.4 is 10.6 Å². The number of nitriles is 1. The van der Waals surface area contributed by atoms with Crippen LogP contribution in [0.15, 0.2) is 11.9 Å². The van der Waals surface area contributed by atoms with Gasteiger partial charge < -0.3 is 10.6 Å². The Bertz CT molecular complexity index is 302. The molecule has 0 bridgehead atoms. The monoisotopic (exact) mass is 211 g/mol. The van der Waals surface area contributed by atoms with Crippen molar-refractivity contribution in [3.05, 3.63) is 11.9 Å². The normalized spacial score (nSPS) is 24.3. The fraction of sp³-hybridized carbons (Fsp3) is 0.600. The number of Topliss-reactive ketones (excluding diaryl/α,β-unsaturated/α-hetero) is 1. The molecule has 0 saturated carbocycles. The van der Waals surface area contributed by atoms with E-state index in [2.05, 4.69) is 10.6 Å². The van der Waals surface area contributed by atoms with Crippen molar-refractivity contribution >= 4 is 5.78 Å². The van der Waals surface area contributed by atoms with Gasteiger partial charge in [-0.3, -0.25) is 4.79 Å². The van der Waals surface area contributed by atoms with Crippen LogP contribution in [-0.2, 0) is 4.79 Å². The summed E-state index contributed by atoms with van der Waals surface area (Å²) in [5.74, 6) is -2.52. The van der Waals surface area contributed by atoms with Crippen molar-refractivity contribution in [2.24, 2.45) is 5.92 Å². The van der Waals surface area contributed by atoms with Crippen LogP contribution in [0.2, 0.25) is 0 Å². The lowest BCUT2D eigenvalue weighted by atomic mass is 9.94. The van der Waals surface area contributed by atoms with Gasteiger partial charge in [-0.05, 0) is 13.0 Å². The molecule has 0 aromatic carbocycles. The lowest BCUT2D eigenvalue weighted by Gasteiger charge is -2.26. The first-order valence-electron chi connectivity index (χ1n) is 4.90. The molecule has 2 N–H and O–H groups in total. The highest BCUT2D eigenvalue weighted by Gasteiger charge is 2.31. The van der Waals surface area contributed by atoms with Crippen molar-refractivity contribution in [2.75, 3.05) is 19.6 Å². The summed E-state index contributed by atoms with van der Waals surface area (Å²) in [4.78, 5) is 11.5. The molecular weight excluding hydrogens is 197 g/mol. The Morgan fingerprint density at radius 1 is 1.67 bits per heavy atom. The molecule has 0 aromatic rings. The maximum Gasteiger partial charge on any atom is 0.209 e. The van der Waals surface area contributed by atoms with Gasteiger partial charge in [0.15, 0.2) is 5.83 Å². The molecule has 1 rings (SSSR count). The maximum absolute atomic E-state index is 13.0. The van der Waals surface area contributed by atoms with Gasteiger partial charge >= 0.3 is 0 Å². The molecule has 1 heterocycles. The third kappa shape index (κ3) is 2.85. The Balaban J connectivity index is 2.70. The van der Waals surface area contributed by atoms with Crippen LogP contribution in [0.25, 0.3) is 0 Å². The van der Waals surface area contributed by atoms with Crippen molar-refractivity contribution in [3.8, 4) is 6.07 Å². The number of carbonyl (C=O) groups is 1. The van der Waals surface area contributed by atoms with Gasteiger partial charge in [0.1, 0.15) is 5.92 Å². The second-order valence-corrected chi connectivity index (χ2v) is 3.37. The van der Waals surface area contributed by atoms with Crippen LogP contribution >= 0.6 is 0 Å². The summed E-state index contributed by atoms with van der Waals surface area (Å²) in [6.07, 6.45) is 1.09. The second kappa shape index (κ2) is 5.59. The summed E-state index contributed by atoms with van der Waals surface area (Å²) in [6, 6.07) is 1.55. The SMILES string of the molecule is CC=C(F)C(=O)C(C#N)C1CNCCN1. The van der Waals surface area contributed by atoms with Crippen LogP contribution in [0.1, 0.15) is 6.92 Å². The van der Waals surface area contributed by atoms with Gasteiger partial charge in [0, 0.05) is 25.7 Å². The van der Waals surface area contributed by atoms with E-state index in [4.69, 9.17) is 5.26 Å². The molecule has 0 aliphatic carbocycles. The van der Waals surface area contributed by atoms with Crippen LogP contribution in [0.4, 0.5) is 4.39 Å². The molecule has 0 aromatic heterocycles. The van der Waals surface area contributed by atoms with E-state index in [0.29, 0.717) is 13.1 Å². The van der Waals surface area contributed by atoms with E-state index >= 15 is 0 Å². The van der Waals surface area contributed by atoms with Gasteiger partial charge in [-0.2, -0.15) is 5.26 Å². The average molecular weight is 211 g/mol. The Hall–Kier alpha value is -1.25. The number of carbonyl (C=O) groups excluding carboxylic acids is 1. The molecule has 1 aliphatic heterocycles. The van der Waals surface area contributed by atoms with Gasteiger partial charge in [-0.15, -0.1) is 0 Å². The molecule has 0 spiro atoms. The molecule has 15 heavy (non-hydrogen) atoms. The summed E-state index contributed by atoms with van der Waals surface area (Å²) in [5.41, 5.74) is 0. The Kier molecular flexibility index (Phi) is 4.40. The molecule has 1 saturated heterocycles. The Morgan fingerprint density at radius 2 is 2.40 bits per heavy atom. The number of nitrogens with zero attached hydrogens (tertiary/aromatic N) is 1. The number of rotatable bonds is 3. The topological polar surface area (TPSA) is 64.9 Å². The van der Waals surface area contributed by atoms with Crippen molar-refractivity contribution in [2.45, 2.75) is 13.0 Å². The maximum atomic E-state index is 13.0. The summed E-state index contributed by atoms with van der Waals surface area (Å²) < 4.78 is 13.0. The van der Waals surface area contributed by atoms with Crippen LogP contribution in [0.3, 0.4) is 0 Å². The number of allylic oxidation sites excluding steroid dienone is 2. The van der Waals surface area contributed by atoms with E-state index in [0.717, 1.165) is 12.6 Å². The van der Waals surface area contributed by atoms with Crippen molar-refractivity contribution in [1.82, 2.24) is 10.6 Å². The highest BCUT2D eigenvalue weighted by atomic mass is 19.1. The minimum Gasteiger partial charge on any atom is -0.314 e. The first kappa shape index (κ1) is 11.8. The largest absolute Gasteiger partial charge is 0.314 e. The minimum atomic E-state index is -0.950. The first-order chi connectivity index (χ1) is 7.20. The highest BCUT2D eigenvalue weighted by Crippen LogP contribution is 2.12. The van der Waals surface area contributed by atoms with Crippen molar-refractivity contribution in [3.63, 3.8) is 0 Å². The van der Waals surface area contributed by atoms with Gasteiger partial charge in [-0.1, -0.05) is 0 Å². The van der Waals surface area contributed by atoms with Crippen LogP contribution in [0.5, 0.6) is 0 Å². The number of hydrogen-bond acceptors (Lipinski definition) is 4. The third-order valence-corrected chi connectivity index (χ3v) is 2.39. The third-order valence-electron chi connectivity index (χ3n) is 2.39. The van der Waals surface area contributed by atoms with E-state index in [1.807, 2.05) is 6.07 Å². The van der Waals surface area contributed by atoms with E-state index in [1.165, 1.54) is 6.92 Å². The Morgan fingerprint density at radius 3 is 2.87 bits per heavy atom.